The van der Waals surface area contributed by atoms with Crippen LogP contribution < -0.4 is 0 Å². The molecule has 0 aliphatic carbocycles. The molecule has 0 amide bonds. The molecule has 0 aliphatic heterocycles. The highest BCUT2D eigenvalue weighted by atomic mass is 79.9. The van der Waals surface area contributed by atoms with Crippen molar-refractivity contribution < 1.29 is 26.3 Å². The van der Waals surface area contributed by atoms with Crippen molar-refractivity contribution in [2.24, 2.45) is 0 Å². The van der Waals surface area contributed by atoms with Crippen molar-refractivity contribution in [3.63, 3.8) is 0 Å². The minimum atomic E-state index is -4.99. The van der Waals surface area contributed by atoms with Gasteiger partial charge in [0.25, 0.3) is 6.43 Å². The van der Waals surface area contributed by atoms with Crippen molar-refractivity contribution in [2.75, 3.05) is 0 Å². The molecule has 0 nitrogen and oxygen atoms in total. The molecule has 0 atom stereocenters. The first-order valence-electron chi connectivity index (χ1n) is 3.57. The van der Waals surface area contributed by atoms with Crippen molar-refractivity contribution in [1.29, 1.82) is 0 Å². The summed E-state index contributed by atoms with van der Waals surface area (Å²) in [6.45, 7) is 0. The molecule has 0 fully saturated rings. The highest BCUT2D eigenvalue weighted by Crippen LogP contribution is 2.36. The van der Waals surface area contributed by atoms with E-state index in [0.717, 1.165) is 0 Å². The lowest BCUT2D eigenvalue weighted by Crippen LogP contribution is -2.09. The highest BCUT2D eigenvalue weighted by molar-refractivity contribution is 9.10. The lowest BCUT2D eigenvalue weighted by atomic mass is 10.1. The standard InChI is InChI=1S/C8H3BrF6/c9-5-2-3(7(11)12)1-4(6(5)10)8(13,14)15/h1-2,7H. The summed E-state index contributed by atoms with van der Waals surface area (Å²) in [4.78, 5) is 0. The number of hydrogen-bond acceptors (Lipinski definition) is 0. The Morgan fingerprint density at radius 1 is 1.13 bits per heavy atom. The smallest absolute Gasteiger partial charge is 0.205 e. The Hall–Kier alpha value is -0.720. The largest absolute Gasteiger partial charge is 0.419 e. The summed E-state index contributed by atoms with van der Waals surface area (Å²) in [5, 5.41) is 0. The van der Waals surface area contributed by atoms with E-state index in [-0.39, 0.29) is 6.07 Å². The number of benzene rings is 1. The molecule has 84 valence electrons. The molecule has 0 N–H and O–H groups in total. The van der Waals surface area contributed by atoms with Crippen molar-refractivity contribution in [1.82, 2.24) is 0 Å². The van der Waals surface area contributed by atoms with E-state index in [1.807, 2.05) is 0 Å². The van der Waals surface area contributed by atoms with Gasteiger partial charge in [-0.2, -0.15) is 13.2 Å². The number of alkyl halides is 5. The molecule has 1 rings (SSSR count). The SMILES string of the molecule is Fc1c(Br)cc(C(F)F)cc1C(F)(F)F. The van der Waals surface area contributed by atoms with Crippen molar-refractivity contribution in [3.8, 4) is 0 Å². The summed E-state index contributed by atoms with van der Waals surface area (Å²) >= 11 is 2.45. The van der Waals surface area contributed by atoms with E-state index in [0.29, 0.717) is 6.07 Å². The van der Waals surface area contributed by atoms with E-state index in [1.165, 1.54) is 0 Å². The van der Waals surface area contributed by atoms with Gasteiger partial charge < -0.3 is 0 Å². The third-order valence-electron chi connectivity index (χ3n) is 1.61. The number of hydrogen-bond donors (Lipinski definition) is 0. The average Bonchev–Trinajstić information content (AvgIpc) is 2.06. The predicted octanol–water partition coefficient (Wildman–Crippen LogP) is 4.54. The molecule has 0 aromatic heterocycles. The highest BCUT2D eigenvalue weighted by Gasteiger charge is 2.36. The van der Waals surface area contributed by atoms with Gasteiger partial charge in [0.05, 0.1) is 10.0 Å². The summed E-state index contributed by atoms with van der Waals surface area (Å²) in [6, 6.07) is 0.722. The monoisotopic (exact) mass is 292 g/mol. The number of rotatable bonds is 1. The van der Waals surface area contributed by atoms with Gasteiger partial charge in [-0.3, -0.25) is 0 Å². The lowest BCUT2D eigenvalue weighted by Gasteiger charge is -2.11. The molecule has 7 heteroatoms. The van der Waals surface area contributed by atoms with E-state index < -0.39 is 34.0 Å². The molecular weight excluding hydrogens is 290 g/mol. The first-order valence-corrected chi connectivity index (χ1v) is 4.37. The second kappa shape index (κ2) is 4.03. The quantitative estimate of drug-likeness (QED) is 0.667. The fourth-order valence-electron chi connectivity index (χ4n) is 0.942. The van der Waals surface area contributed by atoms with Gasteiger partial charge >= 0.3 is 6.18 Å². The molecule has 0 heterocycles. The van der Waals surface area contributed by atoms with Gasteiger partial charge in [-0.25, -0.2) is 13.2 Å². The molecule has 0 radical (unpaired) electrons. The molecule has 0 saturated heterocycles. The second-order valence-electron chi connectivity index (χ2n) is 2.66. The Balaban J connectivity index is 3.38. The first kappa shape index (κ1) is 12.4. The Bertz CT molecular complexity index is 370. The predicted molar refractivity (Wildman–Crippen MR) is 44.1 cm³/mol. The molecule has 0 spiro atoms. The summed E-state index contributed by atoms with van der Waals surface area (Å²) < 4.78 is 73.1. The molecule has 0 unspecified atom stereocenters. The van der Waals surface area contributed by atoms with Gasteiger partial charge in [-0.1, -0.05) is 0 Å². The maximum Gasteiger partial charge on any atom is 0.419 e. The minimum absolute atomic E-state index is 0.102. The van der Waals surface area contributed by atoms with Gasteiger partial charge in [0, 0.05) is 5.56 Å². The van der Waals surface area contributed by atoms with Crippen LogP contribution in [0.1, 0.15) is 17.6 Å². The van der Waals surface area contributed by atoms with Crippen LogP contribution in [0.3, 0.4) is 0 Å². The van der Waals surface area contributed by atoms with E-state index in [2.05, 4.69) is 15.9 Å². The lowest BCUT2D eigenvalue weighted by molar-refractivity contribution is -0.140. The van der Waals surface area contributed by atoms with Crippen LogP contribution in [0.2, 0.25) is 0 Å². The summed E-state index contributed by atoms with van der Waals surface area (Å²) in [5.74, 6) is -1.59. The normalized spacial score (nSPS) is 12.3. The zero-order valence-corrected chi connectivity index (χ0v) is 8.46. The number of halogens is 7. The summed E-state index contributed by atoms with van der Waals surface area (Å²) in [6.07, 6.45) is -8.07. The zero-order chi connectivity index (χ0) is 11.8. The first-order chi connectivity index (χ1) is 6.73. The van der Waals surface area contributed by atoms with Crippen molar-refractivity contribution in [3.05, 3.63) is 33.5 Å². The topological polar surface area (TPSA) is 0 Å². The zero-order valence-electron chi connectivity index (χ0n) is 6.88. The van der Waals surface area contributed by atoms with Crippen LogP contribution in [-0.4, -0.2) is 0 Å². The van der Waals surface area contributed by atoms with Crippen LogP contribution in [0.5, 0.6) is 0 Å². The van der Waals surface area contributed by atoms with Crippen molar-refractivity contribution >= 4 is 15.9 Å². The van der Waals surface area contributed by atoms with E-state index >= 15 is 0 Å². The van der Waals surface area contributed by atoms with Gasteiger partial charge in [-0.05, 0) is 28.1 Å². The second-order valence-corrected chi connectivity index (χ2v) is 3.52. The van der Waals surface area contributed by atoms with Crippen LogP contribution >= 0.6 is 15.9 Å². The van der Waals surface area contributed by atoms with Crippen LogP contribution in [-0.2, 0) is 6.18 Å². The van der Waals surface area contributed by atoms with Crippen molar-refractivity contribution in [2.45, 2.75) is 12.6 Å². The summed E-state index contributed by atoms with van der Waals surface area (Å²) in [5.41, 5.74) is -2.58. The van der Waals surface area contributed by atoms with Gasteiger partial charge in [0.1, 0.15) is 5.82 Å². The third-order valence-corrected chi connectivity index (χ3v) is 2.18. The maximum atomic E-state index is 12.9. The molecule has 0 bridgehead atoms. The van der Waals surface area contributed by atoms with E-state index in [9.17, 15) is 26.3 Å². The molecule has 0 saturated carbocycles. The van der Waals surface area contributed by atoms with E-state index in [1.54, 1.807) is 0 Å². The fraction of sp³-hybridized carbons (Fsp3) is 0.250. The van der Waals surface area contributed by atoms with Crippen LogP contribution in [0.4, 0.5) is 26.3 Å². The van der Waals surface area contributed by atoms with Crippen LogP contribution in [0.25, 0.3) is 0 Å². The Morgan fingerprint density at radius 2 is 1.67 bits per heavy atom. The Kier molecular flexibility index (Phi) is 3.32. The molecule has 1 aromatic rings. The molecule has 1 aromatic carbocycles. The van der Waals surface area contributed by atoms with Gasteiger partial charge in [0.15, 0.2) is 0 Å². The van der Waals surface area contributed by atoms with Crippen LogP contribution in [0.15, 0.2) is 16.6 Å². The molecular formula is C8H3BrF6. The molecule has 15 heavy (non-hydrogen) atoms. The minimum Gasteiger partial charge on any atom is -0.205 e. The Labute approximate surface area is 89.0 Å². The third kappa shape index (κ3) is 2.64. The maximum absolute atomic E-state index is 12.9. The summed E-state index contributed by atoms with van der Waals surface area (Å²) in [7, 11) is 0. The van der Waals surface area contributed by atoms with Crippen LogP contribution in [0, 0.1) is 5.82 Å². The van der Waals surface area contributed by atoms with Gasteiger partial charge in [-0.15, -0.1) is 0 Å². The fourth-order valence-corrected chi connectivity index (χ4v) is 1.42. The van der Waals surface area contributed by atoms with E-state index in [4.69, 9.17) is 0 Å². The van der Waals surface area contributed by atoms with Gasteiger partial charge in [0.2, 0.25) is 0 Å². The average molecular weight is 293 g/mol. The Morgan fingerprint density at radius 3 is 2.07 bits per heavy atom. The molecule has 0 aliphatic rings.